The lowest BCUT2D eigenvalue weighted by molar-refractivity contribution is -0.383. The molecular weight excluding hydrogens is 260 g/mol. The minimum absolute atomic E-state index is 0.146. The monoisotopic (exact) mass is 276 g/mol. The Hall–Kier alpha value is -2.46. The highest BCUT2D eigenvalue weighted by Gasteiger charge is 2.21. The Morgan fingerprint density at radius 1 is 1.55 bits per heavy atom. The van der Waals surface area contributed by atoms with Gasteiger partial charge in [0.1, 0.15) is 5.69 Å². The first kappa shape index (κ1) is 15.6. The van der Waals surface area contributed by atoms with Crippen molar-refractivity contribution in [3.8, 4) is 6.07 Å². The highest BCUT2D eigenvalue weighted by molar-refractivity contribution is 5.96. The molecule has 0 spiro atoms. The second-order valence-electron chi connectivity index (χ2n) is 4.33. The van der Waals surface area contributed by atoms with Crippen molar-refractivity contribution in [2.45, 2.75) is 19.4 Å². The van der Waals surface area contributed by atoms with Gasteiger partial charge in [-0.3, -0.25) is 19.8 Å². The van der Waals surface area contributed by atoms with E-state index in [4.69, 9.17) is 5.26 Å². The molecule has 0 saturated heterocycles. The molecule has 1 amide bonds. The maximum Gasteiger partial charge on any atom is 0.292 e. The summed E-state index contributed by atoms with van der Waals surface area (Å²) in [5, 5.41) is 21.9. The van der Waals surface area contributed by atoms with Crippen LogP contribution in [-0.2, 0) is 4.79 Å². The zero-order chi connectivity index (χ0) is 15.1. The number of nitro benzene ring substituents is 1. The van der Waals surface area contributed by atoms with Gasteiger partial charge in [-0.2, -0.15) is 5.26 Å². The number of amides is 1. The number of hydrogen-bond donors (Lipinski definition) is 1. The summed E-state index contributed by atoms with van der Waals surface area (Å²) in [5.74, 6) is -0.347. The maximum atomic E-state index is 12.0. The first-order valence-corrected chi connectivity index (χ1v) is 6.09. The molecule has 0 aromatic heterocycles. The predicted molar refractivity (Wildman–Crippen MR) is 74.0 cm³/mol. The molecule has 1 unspecified atom stereocenters. The molecule has 0 aliphatic rings. The molecule has 1 atom stereocenters. The van der Waals surface area contributed by atoms with Crippen molar-refractivity contribution < 1.29 is 9.72 Å². The normalized spacial score (nSPS) is 11.7. The molecule has 7 nitrogen and oxygen atoms in total. The molecule has 0 aliphatic carbocycles. The summed E-state index contributed by atoms with van der Waals surface area (Å²) in [7, 11) is 1.72. The number of nitrogens with zero attached hydrogens (tertiary/aromatic N) is 3. The molecule has 0 fully saturated rings. The van der Waals surface area contributed by atoms with Crippen molar-refractivity contribution >= 4 is 17.3 Å². The summed E-state index contributed by atoms with van der Waals surface area (Å²) < 4.78 is 0. The van der Waals surface area contributed by atoms with E-state index in [1.807, 2.05) is 6.07 Å². The van der Waals surface area contributed by atoms with Gasteiger partial charge in [-0.1, -0.05) is 12.1 Å². The number of hydrogen-bond acceptors (Lipinski definition) is 5. The summed E-state index contributed by atoms with van der Waals surface area (Å²) in [6.07, 6.45) is 0.319. The summed E-state index contributed by atoms with van der Waals surface area (Å²) in [6, 6.07) is 7.49. The van der Waals surface area contributed by atoms with Crippen LogP contribution in [0.15, 0.2) is 24.3 Å². The van der Waals surface area contributed by atoms with Gasteiger partial charge in [0.25, 0.3) is 5.69 Å². The lowest BCUT2D eigenvalue weighted by Gasteiger charge is -2.22. The minimum atomic E-state index is -0.542. The second kappa shape index (κ2) is 7.21. The number of carbonyl (C=O) groups is 1. The summed E-state index contributed by atoms with van der Waals surface area (Å²) in [6.45, 7) is 2.14. The van der Waals surface area contributed by atoms with Crippen molar-refractivity contribution in [1.82, 2.24) is 4.90 Å². The fourth-order valence-corrected chi connectivity index (χ4v) is 1.60. The van der Waals surface area contributed by atoms with Crippen LogP contribution in [0.5, 0.6) is 0 Å². The molecule has 1 aromatic rings. The number of anilines is 1. The number of carbonyl (C=O) groups excluding carboxylic acids is 1. The Labute approximate surface area is 117 Å². The second-order valence-corrected chi connectivity index (χ2v) is 4.33. The van der Waals surface area contributed by atoms with E-state index < -0.39 is 11.0 Å². The van der Waals surface area contributed by atoms with Crippen molar-refractivity contribution in [2.24, 2.45) is 0 Å². The standard InChI is InChI=1S/C13H16N4O3/c1-10(16(2)9-5-8-14)13(18)15-11-6-3-4-7-12(11)17(19)20/h3-4,6-7,10H,5,9H2,1-2H3,(H,15,18). The van der Waals surface area contributed by atoms with Crippen molar-refractivity contribution in [1.29, 1.82) is 5.26 Å². The van der Waals surface area contributed by atoms with Crippen LogP contribution in [0.4, 0.5) is 11.4 Å². The fourth-order valence-electron chi connectivity index (χ4n) is 1.60. The van der Waals surface area contributed by atoms with Crippen LogP contribution in [0.3, 0.4) is 0 Å². The molecule has 0 aliphatic heterocycles. The van der Waals surface area contributed by atoms with Crippen LogP contribution in [-0.4, -0.2) is 35.4 Å². The number of likely N-dealkylation sites (N-methyl/N-ethyl adjacent to an activating group) is 1. The number of nitrogens with one attached hydrogen (secondary N) is 1. The predicted octanol–water partition coefficient (Wildman–Crippen LogP) is 1.77. The number of benzene rings is 1. The summed E-state index contributed by atoms with van der Waals surface area (Å²) in [5.41, 5.74) is 0.0239. The van der Waals surface area contributed by atoms with E-state index in [9.17, 15) is 14.9 Å². The van der Waals surface area contributed by atoms with E-state index in [-0.39, 0.29) is 17.3 Å². The van der Waals surface area contributed by atoms with Gasteiger partial charge < -0.3 is 5.32 Å². The van der Waals surface area contributed by atoms with Gasteiger partial charge in [0.05, 0.1) is 17.0 Å². The van der Waals surface area contributed by atoms with Gasteiger partial charge in [-0.25, -0.2) is 0 Å². The molecule has 1 N–H and O–H groups in total. The van der Waals surface area contributed by atoms with Crippen molar-refractivity contribution in [2.75, 3.05) is 18.9 Å². The van der Waals surface area contributed by atoms with Crippen LogP contribution in [0.2, 0.25) is 0 Å². The quantitative estimate of drug-likeness (QED) is 0.630. The van der Waals surface area contributed by atoms with Crippen LogP contribution in [0.25, 0.3) is 0 Å². The third-order valence-corrected chi connectivity index (χ3v) is 2.98. The number of nitro groups is 1. The zero-order valence-electron chi connectivity index (χ0n) is 11.4. The van der Waals surface area contributed by atoms with E-state index in [1.54, 1.807) is 24.9 Å². The lowest BCUT2D eigenvalue weighted by atomic mass is 10.2. The van der Waals surface area contributed by atoms with Gasteiger partial charge >= 0.3 is 0 Å². The highest BCUT2D eigenvalue weighted by Crippen LogP contribution is 2.23. The van der Waals surface area contributed by atoms with Crippen molar-refractivity contribution in [3.05, 3.63) is 34.4 Å². The molecule has 0 saturated carbocycles. The molecule has 0 heterocycles. The van der Waals surface area contributed by atoms with Crippen molar-refractivity contribution in [3.63, 3.8) is 0 Å². The fraction of sp³-hybridized carbons (Fsp3) is 0.385. The Morgan fingerprint density at radius 3 is 2.80 bits per heavy atom. The van der Waals surface area contributed by atoms with Crippen LogP contribution in [0.1, 0.15) is 13.3 Å². The van der Waals surface area contributed by atoms with E-state index in [0.29, 0.717) is 13.0 Å². The molecule has 20 heavy (non-hydrogen) atoms. The zero-order valence-corrected chi connectivity index (χ0v) is 11.4. The van der Waals surface area contributed by atoms with E-state index in [2.05, 4.69) is 5.32 Å². The number of para-hydroxylation sites is 2. The number of nitriles is 1. The largest absolute Gasteiger partial charge is 0.319 e. The third kappa shape index (κ3) is 4.03. The van der Waals surface area contributed by atoms with Crippen LogP contribution < -0.4 is 5.32 Å². The van der Waals surface area contributed by atoms with Gasteiger partial charge in [0.2, 0.25) is 5.91 Å². The minimum Gasteiger partial charge on any atom is -0.319 e. The maximum absolute atomic E-state index is 12.0. The molecule has 7 heteroatoms. The van der Waals surface area contributed by atoms with Gasteiger partial charge in [0, 0.05) is 19.0 Å². The van der Waals surface area contributed by atoms with E-state index >= 15 is 0 Å². The van der Waals surface area contributed by atoms with Gasteiger partial charge in [-0.15, -0.1) is 0 Å². The lowest BCUT2D eigenvalue weighted by Crippen LogP contribution is -2.40. The van der Waals surface area contributed by atoms with Gasteiger partial charge in [-0.05, 0) is 20.0 Å². The topological polar surface area (TPSA) is 99.3 Å². The Morgan fingerprint density at radius 2 is 2.20 bits per heavy atom. The first-order valence-electron chi connectivity index (χ1n) is 6.09. The smallest absolute Gasteiger partial charge is 0.292 e. The molecule has 0 radical (unpaired) electrons. The average Bonchev–Trinajstić information content (AvgIpc) is 2.44. The Bertz CT molecular complexity index is 539. The molecule has 1 rings (SSSR count). The SMILES string of the molecule is CC(C(=O)Nc1ccccc1[N+](=O)[O-])N(C)CCC#N. The van der Waals surface area contributed by atoms with Crippen LogP contribution in [0, 0.1) is 21.4 Å². The van der Waals surface area contributed by atoms with Gasteiger partial charge in [0.15, 0.2) is 0 Å². The molecule has 106 valence electrons. The Kier molecular flexibility index (Phi) is 5.62. The first-order chi connectivity index (χ1) is 9.47. The van der Waals surface area contributed by atoms with Crippen LogP contribution >= 0.6 is 0 Å². The van der Waals surface area contributed by atoms with E-state index in [1.165, 1.54) is 18.2 Å². The van der Waals surface area contributed by atoms with E-state index in [0.717, 1.165) is 0 Å². The average molecular weight is 276 g/mol. The number of rotatable bonds is 6. The Balaban J connectivity index is 2.76. The molecule has 1 aromatic carbocycles. The summed E-state index contributed by atoms with van der Waals surface area (Å²) in [4.78, 5) is 24.1. The summed E-state index contributed by atoms with van der Waals surface area (Å²) >= 11 is 0. The molecular formula is C13H16N4O3. The molecule has 0 bridgehead atoms. The third-order valence-electron chi connectivity index (χ3n) is 2.98. The highest BCUT2D eigenvalue weighted by atomic mass is 16.6.